The van der Waals surface area contributed by atoms with E-state index < -0.39 is 25.2 Å². The molecule has 4 rings (SSSR count). The molecule has 0 amide bonds. The van der Waals surface area contributed by atoms with E-state index in [2.05, 4.69) is 0 Å². The van der Waals surface area contributed by atoms with Crippen LogP contribution in [-0.2, 0) is 37.9 Å². The molecular formula is C34H35O7P. The van der Waals surface area contributed by atoms with Gasteiger partial charge in [-0.05, 0) is 40.8 Å². The minimum Gasteiger partial charge on any atom is -0.457 e. The van der Waals surface area contributed by atoms with E-state index >= 15 is 0 Å². The van der Waals surface area contributed by atoms with Crippen molar-refractivity contribution in [1.29, 1.82) is 0 Å². The van der Waals surface area contributed by atoms with Crippen molar-refractivity contribution >= 4 is 19.3 Å². The van der Waals surface area contributed by atoms with Crippen LogP contribution in [0.1, 0.15) is 68.6 Å². The third kappa shape index (κ3) is 8.49. The summed E-state index contributed by atoms with van der Waals surface area (Å²) >= 11 is 0. The fourth-order valence-electron chi connectivity index (χ4n) is 4.29. The highest BCUT2D eigenvalue weighted by molar-refractivity contribution is 7.58. The van der Waals surface area contributed by atoms with Crippen molar-refractivity contribution < 1.29 is 33.3 Å². The van der Waals surface area contributed by atoms with Crippen LogP contribution in [0.4, 0.5) is 0 Å². The Morgan fingerprint density at radius 3 is 1.88 bits per heavy atom. The molecule has 2 atom stereocenters. The number of hydrogen-bond acceptors (Lipinski definition) is 7. The minimum absolute atomic E-state index is 0.0130. The van der Waals surface area contributed by atoms with Crippen LogP contribution >= 0.6 is 7.37 Å². The molecule has 1 N–H and O–H groups in total. The molecule has 8 heteroatoms. The molecule has 7 nitrogen and oxygen atoms in total. The van der Waals surface area contributed by atoms with Crippen molar-refractivity contribution in [2.75, 3.05) is 6.61 Å². The highest BCUT2D eigenvalue weighted by Crippen LogP contribution is 2.61. The number of unbranched alkanes of at least 4 members (excludes halogenated alkanes) is 1. The average Bonchev–Trinajstić information content (AvgIpc) is 3.03. The molecule has 0 spiro atoms. The van der Waals surface area contributed by atoms with E-state index in [0.29, 0.717) is 17.5 Å². The molecule has 42 heavy (non-hydrogen) atoms. The zero-order valence-electron chi connectivity index (χ0n) is 23.6. The zero-order chi connectivity index (χ0) is 29.8. The van der Waals surface area contributed by atoms with Crippen LogP contribution in [-0.4, -0.2) is 23.7 Å². The predicted octanol–water partition coefficient (Wildman–Crippen LogP) is 7.69. The molecule has 0 aromatic heterocycles. The number of hydrogen-bond donors (Lipinski definition) is 1. The van der Waals surface area contributed by atoms with Crippen molar-refractivity contribution in [3.63, 3.8) is 0 Å². The van der Waals surface area contributed by atoms with E-state index in [4.69, 9.17) is 14.0 Å². The maximum absolute atomic E-state index is 14.3. The van der Waals surface area contributed by atoms with Gasteiger partial charge in [0.05, 0.1) is 23.9 Å². The van der Waals surface area contributed by atoms with E-state index in [0.717, 1.165) is 17.5 Å². The number of aliphatic hydroxyl groups is 1. The van der Waals surface area contributed by atoms with Crippen molar-refractivity contribution in [1.82, 2.24) is 0 Å². The second kappa shape index (κ2) is 15.3. The molecule has 0 aliphatic heterocycles. The van der Waals surface area contributed by atoms with E-state index in [1.165, 1.54) is 12.1 Å². The van der Waals surface area contributed by atoms with Crippen molar-refractivity contribution in [2.45, 2.75) is 45.0 Å². The first-order valence-electron chi connectivity index (χ1n) is 13.9. The second-order valence-electron chi connectivity index (χ2n) is 9.85. The Hall–Kier alpha value is -4.03. The zero-order valence-corrected chi connectivity index (χ0v) is 24.5. The van der Waals surface area contributed by atoms with E-state index in [-0.39, 0.29) is 37.1 Å². The van der Waals surface area contributed by atoms with Gasteiger partial charge in [-0.3, -0.25) is 4.57 Å². The quantitative estimate of drug-likeness (QED) is 0.0919. The van der Waals surface area contributed by atoms with Crippen LogP contribution in [0.2, 0.25) is 0 Å². The smallest absolute Gasteiger partial charge is 0.338 e. The summed E-state index contributed by atoms with van der Waals surface area (Å²) in [6.07, 6.45) is 1.24. The van der Waals surface area contributed by atoms with Crippen LogP contribution in [0, 0.1) is 0 Å². The molecule has 4 aromatic rings. The van der Waals surface area contributed by atoms with E-state index in [9.17, 15) is 19.3 Å². The number of rotatable bonds is 14. The molecule has 0 aliphatic carbocycles. The summed E-state index contributed by atoms with van der Waals surface area (Å²) in [5.74, 6) is -2.71. The molecule has 0 radical (unpaired) electrons. The van der Waals surface area contributed by atoms with Gasteiger partial charge in [-0.2, -0.15) is 0 Å². The van der Waals surface area contributed by atoms with Crippen LogP contribution in [0.3, 0.4) is 0 Å². The highest BCUT2D eigenvalue weighted by Gasteiger charge is 2.36. The molecule has 0 saturated carbocycles. The summed E-state index contributed by atoms with van der Waals surface area (Å²) < 4.78 is 31.2. The van der Waals surface area contributed by atoms with Crippen LogP contribution < -0.4 is 0 Å². The largest absolute Gasteiger partial charge is 0.457 e. The lowest BCUT2D eigenvalue weighted by atomic mass is 10.0. The van der Waals surface area contributed by atoms with Gasteiger partial charge in [-0.15, -0.1) is 0 Å². The summed E-state index contributed by atoms with van der Waals surface area (Å²) in [4.78, 5) is 26.4. The van der Waals surface area contributed by atoms with Gasteiger partial charge in [-0.1, -0.05) is 110 Å². The monoisotopic (exact) mass is 586 g/mol. The molecule has 218 valence electrons. The van der Waals surface area contributed by atoms with Gasteiger partial charge >= 0.3 is 11.9 Å². The number of carbonyl (C=O) groups is 2. The lowest BCUT2D eigenvalue weighted by Crippen LogP contribution is -2.14. The van der Waals surface area contributed by atoms with Gasteiger partial charge in [0.2, 0.25) is 7.37 Å². The number of carbonyl (C=O) groups excluding carboxylic acids is 2. The number of esters is 2. The van der Waals surface area contributed by atoms with Crippen molar-refractivity contribution in [2.24, 2.45) is 0 Å². The minimum atomic E-state index is -3.79. The van der Waals surface area contributed by atoms with Gasteiger partial charge in [0, 0.05) is 0 Å². The van der Waals surface area contributed by atoms with Crippen LogP contribution in [0.25, 0.3) is 0 Å². The van der Waals surface area contributed by atoms with Gasteiger partial charge < -0.3 is 19.1 Å². The molecule has 0 aliphatic rings. The summed E-state index contributed by atoms with van der Waals surface area (Å²) in [7, 11) is -3.79. The first-order valence-corrected chi connectivity index (χ1v) is 15.8. The van der Waals surface area contributed by atoms with Crippen LogP contribution in [0.5, 0.6) is 0 Å². The number of benzene rings is 4. The summed E-state index contributed by atoms with van der Waals surface area (Å²) in [5.41, 5.74) is 2.60. The van der Waals surface area contributed by atoms with Gasteiger partial charge in [0.25, 0.3) is 0 Å². The fraction of sp³-hybridized carbons (Fsp3) is 0.235. The van der Waals surface area contributed by atoms with Gasteiger partial charge in [-0.25, -0.2) is 9.59 Å². The summed E-state index contributed by atoms with van der Waals surface area (Å²) in [6, 6.07) is 31.6. The molecule has 0 heterocycles. The topological polar surface area (TPSA) is 99.1 Å². The van der Waals surface area contributed by atoms with Crippen molar-refractivity contribution in [3.05, 3.63) is 143 Å². The molecule has 0 saturated heterocycles. The van der Waals surface area contributed by atoms with E-state index in [1.54, 1.807) is 36.4 Å². The normalized spacial score (nSPS) is 13.1. The average molecular weight is 587 g/mol. The third-order valence-corrected chi connectivity index (χ3v) is 9.10. The molecular weight excluding hydrogens is 551 g/mol. The van der Waals surface area contributed by atoms with Gasteiger partial charge in [0.1, 0.15) is 13.2 Å². The van der Waals surface area contributed by atoms with Crippen LogP contribution in [0.15, 0.2) is 109 Å². The molecule has 4 aromatic carbocycles. The predicted molar refractivity (Wildman–Crippen MR) is 161 cm³/mol. The van der Waals surface area contributed by atoms with Crippen molar-refractivity contribution in [3.8, 4) is 0 Å². The standard InChI is InChI=1S/C34H35O7P/c1-2-3-21-41-42(38,34(37)28-17-11-6-12-18-28)25-30-20-19-29(32(35)39-23-26-13-7-4-8-14-26)22-31(30)33(36)40-24-27-15-9-5-10-16-27/h4-20,22,34,37H,2-3,21,23-25H2,1H3. The fourth-order valence-corrected chi connectivity index (χ4v) is 6.52. The first kappa shape index (κ1) is 30.9. The number of aliphatic hydroxyl groups excluding tert-OH is 1. The maximum atomic E-state index is 14.3. The third-order valence-electron chi connectivity index (χ3n) is 6.66. The molecule has 0 bridgehead atoms. The maximum Gasteiger partial charge on any atom is 0.338 e. The Labute approximate surface area is 246 Å². The lowest BCUT2D eigenvalue weighted by molar-refractivity contribution is 0.0470. The Morgan fingerprint density at radius 2 is 1.31 bits per heavy atom. The Bertz CT molecular complexity index is 1490. The summed E-state index contributed by atoms with van der Waals surface area (Å²) in [5, 5.41) is 11.2. The summed E-state index contributed by atoms with van der Waals surface area (Å²) in [6.45, 7) is 2.26. The Kier molecular flexibility index (Phi) is 11.2. The second-order valence-corrected chi connectivity index (χ2v) is 12.4. The lowest BCUT2D eigenvalue weighted by Gasteiger charge is -2.25. The Balaban J connectivity index is 1.64. The Morgan fingerprint density at radius 1 is 0.762 bits per heavy atom. The molecule has 0 fully saturated rings. The SMILES string of the molecule is CCCCOP(=O)(Cc1ccc(C(=O)OCc2ccccc2)cc1C(=O)OCc1ccccc1)C(O)c1ccccc1. The first-order chi connectivity index (χ1) is 20.4. The number of ether oxygens (including phenoxy) is 2. The van der Waals surface area contributed by atoms with E-state index in [1.807, 2.05) is 67.6 Å². The highest BCUT2D eigenvalue weighted by atomic mass is 31.2. The molecule has 2 unspecified atom stereocenters. The van der Waals surface area contributed by atoms with Gasteiger partial charge in [0.15, 0.2) is 5.85 Å².